The lowest BCUT2D eigenvalue weighted by atomic mass is 9.96. The lowest BCUT2D eigenvalue weighted by Gasteiger charge is -2.15. The summed E-state index contributed by atoms with van der Waals surface area (Å²) in [5, 5.41) is 12.0. The quantitative estimate of drug-likeness (QED) is 0.175. The van der Waals surface area contributed by atoms with E-state index in [1.807, 2.05) is 18.2 Å². The van der Waals surface area contributed by atoms with Gasteiger partial charge in [-0.3, -0.25) is 0 Å². The Hall–Kier alpha value is -7.17. The van der Waals surface area contributed by atoms with Gasteiger partial charge in [-0.2, -0.15) is 0 Å². The van der Waals surface area contributed by atoms with Crippen LogP contribution < -0.4 is 0 Å². The molecule has 9 aromatic carbocycles. The summed E-state index contributed by atoms with van der Waals surface area (Å²) in [5.74, 6) is 1.93. The first-order valence-corrected chi connectivity index (χ1v) is 18.0. The van der Waals surface area contributed by atoms with E-state index >= 15 is 0 Å². The van der Waals surface area contributed by atoms with E-state index < -0.39 is 0 Å². The van der Waals surface area contributed by atoms with E-state index in [2.05, 4.69) is 168 Å². The van der Waals surface area contributed by atoms with Gasteiger partial charge in [0.05, 0.1) is 16.7 Å². The lowest BCUT2D eigenvalue weighted by Crippen LogP contribution is -2.02. The van der Waals surface area contributed by atoms with Crippen LogP contribution in [0.15, 0.2) is 182 Å². The van der Waals surface area contributed by atoms with E-state index in [-0.39, 0.29) is 0 Å². The highest BCUT2D eigenvalue weighted by Crippen LogP contribution is 2.39. The molecule has 0 unspecified atom stereocenters. The zero-order valence-corrected chi connectivity index (χ0v) is 28.6. The topological polar surface area (TPSA) is 43.6 Å². The van der Waals surface area contributed by atoms with Crippen LogP contribution in [0.4, 0.5) is 0 Å². The van der Waals surface area contributed by atoms with Gasteiger partial charge in [0.2, 0.25) is 0 Å². The molecule has 0 aliphatic rings. The highest BCUT2D eigenvalue weighted by atomic mass is 15.0. The molecule has 0 fully saturated rings. The molecule has 53 heavy (non-hydrogen) atoms. The van der Waals surface area contributed by atoms with Gasteiger partial charge in [0.15, 0.2) is 17.5 Å². The average molecular weight is 675 g/mol. The maximum atomic E-state index is 5.25. The third kappa shape index (κ3) is 4.66. The summed E-state index contributed by atoms with van der Waals surface area (Å²) in [4.78, 5) is 15.5. The van der Waals surface area contributed by atoms with Crippen LogP contribution in [0.2, 0.25) is 0 Å². The molecule has 2 aromatic heterocycles. The summed E-state index contributed by atoms with van der Waals surface area (Å²) in [6, 6.07) is 64.5. The molecule has 0 radical (unpaired) electrons. The summed E-state index contributed by atoms with van der Waals surface area (Å²) in [7, 11) is 0. The zero-order valence-electron chi connectivity index (χ0n) is 28.6. The Morgan fingerprint density at radius 2 is 0.830 bits per heavy atom. The van der Waals surface area contributed by atoms with Gasteiger partial charge < -0.3 is 4.57 Å². The monoisotopic (exact) mass is 674 g/mol. The molecule has 0 saturated carbocycles. The number of benzene rings is 9. The van der Waals surface area contributed by atoms with Crippen molar-refractivity contribution >= 4 is 64.9 Å². The molecule has 0 bridgehead atoms. The number of nitrogens with zero attached hydrogens (tertiary/aromatic N) is 4. The molecule has 4 heteroatoms. The van der Waals surface area contributed by atoms with Crippen molar-refractivity contribution < 1.29 is 0 Å². The standard InChI is InChI=1S/C49H30N4/c1-2-13-33(14-3-1)47-50-48(34-23-22-32-25-26-37-35-15-5-4-12-31(35)24-27-38(37)43(32)30-34)52-49(51-47)42-28-29-46(39-17-7-6-16-36(39)42)53-44-20-10-8-18-40(44)41-19-9-11-21-45(41)53/h1-30H. The molecule has 0 aliphatic carbocycles. The molecule has 246 valence electrons. The summed E-state index contributed by atoms with van der Waals surface area (Å²) < 4.78 is 2.38. The maximum absolute atomic E-state index is 5.25. The smallest absolute Gasteiger partial charge is 0.164 e. The number of fused-ring (bicyclic) bond motifs is 9. The van der Waals surface area contributed by atoms with Crippen molar-refractivity contribution in [1.29, 1.82) is 0 Å². The van der Waals surface area contributed by atoms with Gasteiger partial charge in [0.1, 0.15) is 0 Å². The number of hydrogen-bond acceptors (Lipinski definition) is 3. The molecule has 11 aromatic rings. The number of para-hydroxylation sites is 2. The van der Waals surface area contributed by atoms with E-state index in [0.29, 0.717) is 17.5 Å². The van der Waals surface area contributed by atoms with E-state index in [1.165, 1.54) is 54.1 Å². The molecule has 0 atom stereocenters. The second-order valence-corrected chi connectivity index (χ2v) is 13.6. The predicted molar refractivity (Wildman–Crippen MR) is 220 cm³/mol. The van der Waals surface area contributed by atoms with Crippen LogP contribution in [0.5, 0.6) is 0 Å². The number of rotatable bonds is 4. The first-order chi connectivity index (χ1) is 26.3. The van der Waals surface area contributed by atoms with Crippen molar-refractivity contribution in [3.63, 3.8) is 0 Å². The predicted octanol–water partition coefficient (Wildman–Crippen LogP) is 12.6. The third-order valence-corrected chi connectivity index (χ3v) is 10.6. The molecular weight excluding hydrogens is 645 g/mol. The van der Waals surface area contributed by atoms with Crippen molar-refractivity contribution in [2.24, 2.45) is 0 Å². The van der Waals surface area contributed by atoms with Gasteiger partial charge in [0, 0.05) is 32.8 Å². The Kier molecular flexibility index (Phi) is 6.52. The highest BCUT2D eigenvalue weighted by Gasteiger charge is 2.19. The minimum absolute atomic E-state index is 0.642. The second kappa shape index (κ2) is 11.7. The van der Waals surface area contributed by atoms with Crippen molar-refractivity contribution in [2.75, 3.05) is 0 Å². The van der Waals surface area contributed by atoms with E-state index in [0.717, 1.165) is 33.2 Å². The van der Waals surface area contributed by atoms with Crippen LogP contribution in [0.1, 0.15) is 0 Å². The molecule has 0 saturated heterocycles. The van der Waals surface area contributed by atoms with Crippen LogP contribution in [-0.4, -0.2) is 19.5 Å². The van der Waals surface area contributed by atoms with Crippen LogP contribution in [0, 0.1) is 0 Å². The SMILES string of the molecule is c1ccc(-c2nc(-c3ccc4ccc5c6ccccc6ccc5c4c3)nc(-c3ccc(-n4c5ccccc5c5ccccc54)c4ccccc34)n2)cc1. The van der Waals surface area contributed by atoms with Crippen molar-refractivity contribution in [3.8, 4) is 39.9 Å². The van der Waals surface area contributed by atoms with Crippen molar-refractivity contribution in [2.45, 2.75) is 0 Å². The second-order valence-electron chi connectivity index (χ2n) is 13.6. The van der Waals surface area contributed by atoms with E-state index in [9.17, 15) is 0 Å². The lowest BCUT2D eigenvalue weighted by molar-refractivity contribution is 1.08. The number of aromatic nitrogens is 4. The normalized spacial score (nSPS) is 11.8. The van der Waals surface area contributed by atoms with Gasteiger partial charge in [-0.25, -0.2) is 15.0 Å². The molecule has 4 nitrogen and oxygen atoms in total. The Morgan fingerprint density at radius 3 is 1.57 bits per heavy atom. The largest absolute Gasteiger partial charge is 0.309 e. The van der Waals surface area contributed by atoms with Crippen molar-refractivity contribution in [3.05, 3.63) is 182 Å². The van der Waals surface area contributed by atoms with Gasteiger partial charge in [-0.1, -0.05) is 152 Å². The fraction of sp³-hybridized carbons (Fsp3) is 0. The Morgan fingerprint density at radius 1 is 0.302 bits per heavy atom. The maximum Gasteiger partial charge on any atom is 0.164 e. The van der Waals surface area contributed by atoms with Crippen LogP contribution in [0.3, 0.4) is 0 Å². The molecule has 0 amide bonds. The average Bonchev–Trinajstić information content (AvgIpc) is 3.57. The van der Waals surface area contributed by atoms with Crippen LogP contribution >= 0.6 is 0 Å². The van der Waals surface area contributed by atoms with Crippen molar-refractivity contribution in [1.82, 2.24) is 19.5 Å². The van der Waals surface area contributed by atoms with E-state index in [1.54, 1.807) is 0 Å². The molecular formula is C49H30N4. The molecule has 11 rings (SSSR count). The summed E-state index contributed by atoms with van der Waals surface area (Å²) >= 11 is 0. The van der Waals surface area contributed by atoms with E-state index in [4.69, 9.17) is 15.0 Å². The van der Waals surface area contributed by atoms with Gasteiger partial charge in [-0.15, -0.1) is 0 Å². The third-order valence-electron chi connectivity index (χ3n) is 10.6. The molecule has 0 N–H and O–H groups in total. The molecule has 2 heterocycles. The van der Waals surface area contributed by atoms with Gasteiger partial charge in [0.25, 0.3) is 0 Å². The number of hydrogen-bond donors (Lipinski definition) is 0. The highest BCUT2D eigenvalue weighted by molar-refractivity contribution is 6.18. The van der Waals surface area contributed by atoms with Gasteiger partial charge in [-0.05, 0) is 68.0 Å². The Bertz CT molecular complexity index is 3180. The van der Waals surface area contributed by atoms with Crippen LogP contribution in [-0.2, 0) is 0 Å². The zero-order chi connectivity index (χ0) is 34.9. The molecule has 0 spiro atoms. The Balaban J connectivity index is 1.14. The summed E-state index contributed by atoms with van der Waals surface area (Å²) in [6.07, 6.45) is 0. The Labute approximate surface area is 305 Å². The fourth-order valence-corrected chi connectivity index (χ4v) is 8.15. The molecule has 0 aliphatic heterocycles. The summed E-state index contributed by atoms with van der Waals surface area (Å²) in [6.45, 7) is 0. The first-order valence-electron chi connectivity index (χ1n) is 18.0. The fourth-order valence-electron chi connectivity index (χ4n) is 8.15. The minimum atomic E-state index is 0.642. The summed E-state index contributed by atoms with van der Waals surface area (Å²) in [5.41, 5.74) is 6.33. The van der Waals surface area contributed by atoms with Gasteiger partial charge >= 0.3 is 0 Å². The van der Waals surface area contributed by atoms with Crippen LogP contribution in [0.25, 0.3) is 105 Å². The first kappa shape index (κ1) is 29.5. The minimum Gasteiger partial charge on any atom is -0.309 e.